The molecule has 1 N–H and O–H groups in total. The van der Waals surface area contributed by atoms with Crippen LogP contribution in [0.5, 0.6) is 11.5 Å². The molecule has 6 heteroatoms. The average molecular weight is 347 g/mol. The van der Waals surface area contributed by atoms with Gasteiger partial charge in [0.2, 0.25) is 0 Å². The maximum atomic E-state index is 12.1. The summed E-state index contributed by atoms with van der Waals surface area (Å²) in [5.74, 6) is 0.344. The van der Waals surface area contributed by atoms with Crippen LogP contribution in [0.1, 0.15) is 36.1 Å². The fraction of sp³-hybridized carbons (Fsp3) is 0.389. The van der Waals surface area contributed by atoms with Gasteiger partial charge in [-0.3, -0.25) is 9.69 Å². The number of benzene rings is 1. The van der Waals surface area contributed by atoms with E-state index in [1.165, 1.54) is 5.56 Å². The first-order chi connectivity index (χ1) is 11.6. The molecule has 5 nitrogen and oxygen atoms in total. The zero-order chi connectivity index (χ0) is 17.1. The van der Waals surface area contributed by atoms with Gasteiger partial charge in [-0.25, -0.2) is 0 Å². The van der Waals surface area contributed by atoms with E-state index < -0.39 is 12.0 Å². The molecule has 128 valence electrons. The molecular formula is C18H21NO4S. The molecule has 0 radical (unpaired) electrons. The van der Waals surface area contributed by atoms with Crippen LogP contribution < -0.4 is 9.47 Å². The summed E-state index contributed by atoms with van der Waals surface area (Å²) < 4.78 is 10.6. The molecule has 1 aromatic heterocycles. The molecule has 1 aromatic carbocycles. The number of carboxylic acid groups (broad SMARTS) is 1. The fourth-order valence-corrected chi connectivity index (χ4v) is 4.09. The number of ether oxygens (including phenoxy) is 2. The highest BCUT2D eigenvalue weighted by molar-refractivity contribution is 7.07. The lowest BCUT2D eigenvalue weighted by Gasteiger charge is -2.30. The quantitative estimate of drug-likeness (QED) is 0.863. The van der Waals surface area contributed by atoms with Crippen molar-refractivity contribution in [2.24, 2.45) is 0 Å². The number of likely N-dealkylation sites (tertiary alicyclic amines) is 1. The van der Waals surface area contributed by atoms with E-state index in [0.717, 1.165) is 19.4 Å². The van der Waals surface area contributed by atoms with Crippen LogP contribution in [0.2, 0.25) is 0 Å². The predicted octanol–water partition coefficient (Wildman–Crippen LogP) is 3.73. The van der Waals surface area contributed by atoms with Gasteiger partial charge < -0.3 is 14.6 Å². The van der Waals surface area contributed by atoms with Crippen LogP contribution in [0.3, 0.4) is 0 Å². The second-order valence-electron chi connectivity index (χ2n) is 5.84. The number of carbonyl (C=O) groups is 1. The normalized spacial score (nSPS) is 19.2. The van der Waals surface area contributed by atoms with Gasteiger partial charge in [0.15, 0.2) is 0 Å². The summed E-state index contributed by atoms with van der Waals surface area (Å²) in [6.07, 6.45) is 1.97. The highest BCUT2D eigenvalue weighted by Gasteiger charge is 2.37. The molecule has 0 amide bonds. The summed E-state index contributed by atoms with van der Waals surface area (Å²) in [7, 11) is 3.14. The Labute approximate surface area is 145 Å². The van der Waals surface area contributed by atoms with Crippen molar-refractivity contribution in [2.75, 3.05) is 20.8 Å². The zero-order valence-corrected chi connectivity index (χ0v) is 14.6. The van der Waals surface area contributed by atoms with Gasteiger partial charge in [0.05, 0.1) is 14.2 Å². The molecule has 3 rings (SSSR count). The number of hydrogen-bond donors (Lipinski definition) is 1. The minimum atomic E-state index is -0.854. The topological polar surface area (TPSA) is 59.0 Å². The van der Waals surface area contributed by atoms with E-state index in [-0.39, 0.29) is 6.04 Å². The van der Waals surface area contributed by atoms with Gasteiger partial charge in [-0.2, -0.15) is 11.3 Å². The molecule has 0 spiro atoms. The van der Waals surface area contributed by atoms with Crippen molar-refractivity contribution in [3.8, 4) is 11.5 Å². The monoisotopic (exact) mass is 347 g/mol. The zero-order valence-electron chi connectivity index (χ0n) is 13.8. The van der Waals surface area contributed by atoms with Gasteiger partial charge in [0.25, 0.3) is 0 Å². The van der Waals surface area contributed by atoms with E-state index in [4.69, 9.17) is 9.47 Å². The summed E-state index contributed by atoms with van der Waals surface area (Å²) in [6, 6.07) is 6.81. The molecule has 1 fully saturated rings. The number of carboxylic acids is 1. The van der Waals surface area contributed by atoms with Crippen LogP contribution in [0.25, 0.3) is 0 Å². The van der Waals surface area contributed by atoms with Crippen LogP contribution in [0.15, 0.2) is 35.0 Å². The second-order valence-corrected chi connectivity index (χ2v) is 6.62. The lowest BCUT2D eigenvalue weighted by Crippen LogP contribution is -2.33. The number of nitrogens with zero attached hydrogens (tertiary/aromatic N) is 1. The number of hydrogen-bond acceptors (Lipinski definition) is 5. The van der Waals surface area contributed by atoms with Gasteiger partial charge >= 0.3 is 5.97 Å². The molecule has 0 saturated carbocycles. The third-order valence-corrected chi connectivity index (χ3v) is 5.18. The summed E-state index contributed by atoms with van der Waals surface area (Å²) in [5.41, 5.74) is 1.87. The van der Waals surface area contributed by atoms with Crippen molar-refractivity contribution >= 4 is 17.3 Å². The van der Waals surface area contributed by atoms with E-state index in [9.17, 15) is 9.90 Å². The largest absolute Gasteiger partial charge is 0.497 e. The molecule has 24 heavy (non-hydrogen) atoms. The lowest BCUT2D eigenvalue weighted by molar-refractivity contribution is -0.144. The van der Waals surface area contributed by atoms with Crippen molar-refractivity contribution in [1.82, 2.24) is 4.90 Å². The molecule has 2 aromatic rings. The summed E-state index contributed by atoms with van der Waals surface area (Å²) in [6.45, 7) is 0.761. The Kier molecular flexibility index (Phi) is 5.06. The fourth-order valence-electron chi connectivity index (χ4n) is 3.38. The first-order valence-electron chi connectivity index (χ1n) is 7.87. The van der Waals surface area contributed by atoms with Crippen molar-refractivity contribution in [3.63, 3.8) is 0 Å². The van der Waals surface area contributed by atoms with Crippen LogP contribution in [0.4, 0.5) is 0 Å². The molecule has 2 atom stereocenters. The number of thiophene rings is 1. The first kappa shape index (κ1) is 16.8. The van der Waals surface area contributed by atoms with Gasteiger partial charge in [0, 0.05) is 12.1 Å². The van der Waals surface area contributed by atoms with E-state index in [1.807, 2.05) is 5.38 Å². The standard InChI is InChI=1S/C18H21NO4S/c1-22-14-8-13(9-15(10-14)23-2)17(18(20)21)19-6-3-4-16(19)12-5-7-24-11-12/h5,7-11,16-17H,3-4,6H2,1-2H3,(H,20,21). The highest BCUT2D eigenvalue weighted by Crippen LogP contribution is 2.40. The van der Waals surface area contributed by atoms with E-state index in [2.05, 4.69) is 16.3 Å². The number of methoxy groups -OCH3 is 2. The predicted molar refractivity (Wildman–Crippen MR) is 92.9 cm³/mol. The Balaban J connectivity index is 1.99. The van der Waals surface area contributed by atoms with Crippen molar-refractivity contribution < 1.29 is 19.4 Å². The Morgan fingerprint density at radius 3 is 2.54 bits per heavy atom. The SMILES string of the molecule is COc1cc(OC)cc(C(C(=O)O)N2CCCC2c2ccsc2)c1. The van der Waals surface area contributed by atoms with Gasteiger partial charge in [0.1, 0.15) is 17.5 Å². The molecule has 1 aliphatic heterocycles. The Morgan fingerprint density at radius 2 is 2.00 bits per heavy atom. The molecular weight excluding hydrogens is 326 g/mol. The Bertz CT molecular complexity index is 679. The van der Waals surface area contributed by atoms with Gasteiger partial charge in [-0.15, -0.1) is 0 Å². The van der Waals surface area contributed by atoms with Crippen LogP contribution in [-0.4, -0.2) is 36.7 Å². The average Bonchev–Trinajstić information content (AvgIpc) is 3.25. The Hall–Kier alpha value is -2.05. The smallest absolute Gasteiger partial charge is 0.325 e. The summed E-state index contributed by atoms with van der Waals surface area (Å²) in [4.78, 5) is 14.1. The first-order valence-corrected chi connectivity index (χ1v) is 8.82. The second kappa shape index (κ2) is 7.23. The van der Waals surface area contributed by atoms with Crippen LogP contribution >= 0.6 is 11.3 Å². The maximum absolute atomic E-state index is 12.1. The summed E-state index contributed by atoms with van der Waals surface area (Å²) in [5, 5.41) is 14.1. The number of aliphatic carboxylic acids is 1. The van der Waals surface area contributed by atoms with Crippen LogP contribution in [0, 0.1) is 0 Å². The number of rotatable bonds is 6. The van der Waals surface area contributed by atoms with Crippen LogP contribution in [-0.2, 0) is 4.79 Å². The molecule has 0 bridgehead atoms. The van der Waals surface area contributed by atoms with E-state index in [0.29, 0.717) is 17.1 Å². The van der Waals surface area contributed by atoms with E-state index >= 15 is 0 Å². The lowest BCUT2D eigenvalue weighted by atomic mass is 10.0. The third-order valence-electron chi connectivity index (χ3n) is 4.48. The highest BCUT2D eigenvalue weighted by atomic mass is 32.1. The third kappa shape index (κ3) is 3.25. The van der Waals surface area contributed by atoms with Crippen molar-refractivity contribution in [2.45, 2.75) is 24.9 Å². The maximum Gasteiger partial charge on any atom is 0.325 e. The minimum absolute atomic E-state index is 0.134. The van der Waals surface area contributed by atoms with Crippen molar-refractivity contribution in [3.05, 3.63) is 46.2 Å². The molecule has 0 aliphatic carbocycles. The molecule has 1 aliphatic rings. The van der Waals surface area contributed by atoms with Gasteiger partial charge in [-0.1, -0.05) is 0 Å². The summed E-state index contributed by atoms with van der Waals surface area (Å²) >= 11 is 1.64. The van der Waals surface area contributed by atoms with Crippen molar-refractivity contribution in [1.29, 1.82) is 0 Å². The van der Waals surface area contributed by atoms with E-state index in [1.54, 1.807) is 43.8 Å². The Morgan fingerprint density at radius 1 is 1.29 bits per heavy atom. The minimum Gasteiger partial charge on any atom is -0.497 e. The van der Waals surface area contributed by atoms with Gasteiger partial charge in [-0.05, 0) is 59.5 Å². The molecule has 2 unspecified atom stereocenters. The molecule has 1 saturated heterocycles. The molecule has 2 heterocycles.